The van der Waals surface area contributed by atoms with Crippen LogP contribution < -0.4 is 10.1 Å². The van der Waals surface area contributed by atoms with E-state index < -0.39 is 23.4 Å². The lowest BCUT2D eigenvalue weighted by Gasteiger charge is -2.14. The molecule has 0 aliphatic heterocycles. The Kier molecular flexibility index (Phi) is 4.45. The van der Waals surface area contributed by atoms with Crippen LogP contribution in [0.4, 0.5) is 18.9 Å². The highest BCUT2D eigenvalue weighted by molar-refractivity contribution is 5.97. The molecule has 1 N–H and O–H groups in total. The van der Waals surface area contributed by atoms with E-state index in [1.807, 2.05) is 30.3 Å². The molecule has 0 heterocycles. The lowest BCUT2D eigenvalue weighted by molar-refractivity contribution is -0.159. The van der Waals surface area contributed by atoms with Crippen LogP contribution in [0.3, 0.4) is 0 Å². The summed E-state index contributed by atoms with van der Waals surface area (Å²) in [4.78, 5) is 12.1. The monoisotopic (exact) mass is 349 g/mol. The van der Waals surface area contributed by atoms with Crippen molar-refractivity contribution in [1.82, 2.24) is 0 Å². The van der Waals surface area contributed by atoms with Gasteiger partial charge in [0.2, 0.25) is 5.91 Å². The molecular weight excluding hydrogens is 331 g/mol. The first kappa shape index (κ1) is 17.3. The van der Waals surface area contributed by atoms with Crippen LogP contribution >= 0.6 is 0 Å². The largest absolute Gasteiger partial charge is 0.489 e. The molecule has 1 amide bonds. The predicted molar refractivity (Wildman–Crippen MR) is 88.1 cm³/mol. The number of anilines is 1. The summed E-state index contributed by atoms with van der Waals surface area (Å²) in [6.07, 6.45) is -4.50. The average molecular weight is 349 g/mol. The highest BCUT2D eigenvalue weighted by Gasteiger charge is 2.67. The SMILES string of the molecule is CC1(C(=O)Nc2ccc(OCc3ccccc3)cc2)CC1C(F)(F)F. The van der Waals surface area contributed by atoms with Crippen LogP contribution in [0.15, 0.2) is 54.6 Å². The molecule has 25 heavy (non-hydrogen) atoms. The van der Waals surface area contributed by atoms with Gasteiger partial charge in [-0.1, -0.05) is 37.3 Å². The van der Waals surface area contributed by atoms with Crippen molar-refractivity contribution < 1.29 is 22.7 Å². The van der Waals surface area contributed by atoms with E-state index in [1.165, 1.54) is 6.92 Å². The molecule has 132 valence electrons. The summed E-state index contributed by atoms with van der Waals surface area (Å²) in [5, 5.41) is 2.55. The summed E-state index contributed by atoms with van der Waals surface area (Å²) >= 11 is 0. The van der Waals surface area contributed by atoms with Crippen molar-refractivity contribution in [2.24, 2.45) is 11.3 Å². The smallest absolute Gasteiger partial charge is 0.392 e. The average Bonchev–Trinajstić information content (AvgIpc) is 3.29. The second-order valence-electron chi connectivity index (χ2n) is 6.47. The third kappa shape index (κ3) is 3.95. The van der Waals surface area contributed by atoms with Crippen LogP contribution in [0.2, 0.25) is 0 Å². The minimum atomic E-state index is -4.33. The molecule has 6 heteroatoms. The minimum Gasteiger partial charge on any atom is -0.489 e. The highest BCUT2D eigenvalue weighted by atomic mass is 19.4. The maximum absolute atomic E-state index is 12.7. The molecule has 2 aromatic carbocycles. The number of carbonyl (C=O) groups is 1. The number of nitrogens with one attached hydrogen (secondary N) is 1. The molecule has 3 rings (SSSR count). The van der Waals surface area contributed by atoms with Gasteiger partial charge in [-0.15, -0.1) is 0 Å². The van der Waals surface area contributed by atoms with E-state index in [0.29, 0.717) is 18.0 Å². The van der Waals surface area contributed by atoms with Crippen molar-refractivity contribution in [3.8, 4) is 5.75 Å². The molecule has 1 aliphatic carbocycles. The number of alkyl halides is 3. The van der Waals surface area contributed by atoms with Crippen molar-refractivity contribution in [1.29, 1.82) is 0 Å². The molecule has 3 nitrogen and oxygen atoms in total. The van der Waals surface area contributed by atoms with Gasteiger partial charge in [0, 0.05) is 5.69 Å². The first-order chi connectivity index (χ1) is 11.8. The molecule has 0 bridgehead atoms. The second-order valence-corrected chi connectivity index (χ2v) is 6.47. The normalized spacial score (nSPS) is 22.3. The van der Waals surface area contributed by atoms with Gasteiger partial charge in [-0.2, -0.15) is 13.2 Å². The van der Waals surface area contributed by atoms with Crippen LogP contribution in [-0.2, 0) is 11.4 Å². The third-order valence-electron chi connectivity index (χ3n) is 4.51. The van der Waals surface area contributed by atoms with E-state index in [2.05, 4.69) is 5.32 Å². The van der Waals surface area contributed by atoms with E-state index >= 15 is 0 Å². The van der Waals surface area contributed by atoms with Crippen molar-refractivity contribution in [3.05, 3.63) is 60.2 Å². The molecule has 0 saturated heterocycles. The fraction of sp³-hybridized carbons (Fsp3) is 0.316. The van der Waals surface area contributed by atoms with Gasteiger partial charge < -0.3 is 10.1 Å². The molecule has 2 aromatic rings. The molecule has 1 fully saturated rings. The summed E-state index contributed by atoms with van der Waals surface area (Å²) in [6, 6.07) is 16.2. The molecule has 0 spiro atoms. The molecule has 2 atom stereocenters. The van der Waals surface area contributed by atoms with Gasteiger partial charge in [0.1, 0.15) is 12.4 Å². The van der Waals surface area contributed by atoms with E-state index in [1.54, 1.807) is 24.3 Å². The predicted octanol–water partition coefficient (Wildman–Crippen LogP) is 4.79. The quantitative estimate of drug-likeness (QED) is 0.843. The number of carbonyl (C=O) groups excluding carboxylic acids is 1. The Hall–Kier alpha value is -2.50. The summed E-state index contributed by atoms with van der Waals surface area (Å²) in [5.41, 5.74) is 0.103. The van der Waals surface area contributed by atoms with Gasteiger partial charge in [0.15, 0.2) is 0 Å². The number of hydrogen-bond acceptors (Lipinski definition) is 2. The maximum atomic E-state index is 12.7. The molecule has 1 aliphatic rings. The summed E-state index contributed by atoms with van der Waals surface area (Å²) < 4.78 is 43.8. The van der Waals surface area contributed by atoms with Gasteiger partial charge in [0.25, 0.3) is 0 Å². The number of halogens is 3. The second kappa shape index (κ2) is 6.43. The third-order valence-corrected chi connectivity index (χ3v) is 4.51. The fourth-order valence-corrected chi connectivity index (χ4v) is 2.74. The van der Waals surface area contributed by atoms with Crippen molar-refractivity contribution in [3.63, 3.8) is 0 Å². The Morgan fingerprint density at radius 2 is 1.80 bits per heavy atom. The van der Waals surface area contributed by atoms with Gasteiger partial charge in [-0.05, 0) is 36.2 Å². The molecular formula is C19H18F3NO2. The van der Waals surface area contributed by atoms with Crippen LogP contribution in [0.1, 0.15) is 18.9 Å². The van der Waals surface area contributed by atoms with E-state index in [9.17, 15) is 18.0 Å². The van der Waals surface area contributed by atoms with Crippen LogP contribution in [0.5, 0.6) is 5.75 Å². The van der Waals surface area contributed by atoms with Crippen molar-refractivity contribution in [2.45, 2.75) is 26.1 Å². The summed E-state index contributed by atoms with van der Waals surface area (Å²) in [6.45, 7) is 1.76. The van der Waals surface area contributed by atoms with E-state index in [-0.39, 0.29) is 6.42 Å². The van der Waals surface area contributed by atoms with Crippen molar-refractivity contribution in [2.75, 3.05) is 5.32 Å². The molecule has 1 saturated carbocycles. The summed E-state index contributed by atoms with van der Waals surface area (Å²) in [5.74, 6) is -1.55. The van der Waals surface area contributed by atoms with Gasteiger partial charge >= 0.3 is 6.18 Å². The minimum absolute atomic E-state index is 0.166. The Morgan fingerprint density at radius 3 is 2.36 bits per heavy atom. The fourth-order valence-electron chi connectivity index (χ4n) is 2.74. The Bertz CT molecular complexity index is 744. The number of amides is 1. The lowest BCUT2D eigenvalue weighted by Crippen LogP contribution is -2.27. The van der Waals surface area contributed by atoms with Gasteiger partial charge in [-0.3, -0.25) is 4.79 Å². The lowest BCUT2D eigenvalue weighted by atomic mass is 10.1. The molecule has 0 aromatic heterocycles. The van der Waals surface area contributed by atoms with Crippen LogP contribution in [0.25, 0.3) is 0 Å². The number of hydrogen-bond donors (Lipinski definition) is 1. The molecule has 0 radical (unpaired) electrons. The zero-order valence-electron chi connectivity index (χ0n) is 13.6. The van der Waals surface area contributed by atoms with Crippen molar-refractivity contribution >= 4 is 11.6 Å². The number of benzene rings is 2. The summed E-state index contributed by atoms with van der Waals surface area (Å²) in [7, 11) is 0. The first-order valence-electron chi connectivity index (χ1n) is 7.94. The Morgan fingerprint density at radius 1 is 1.16 bits per heavy atom. The number of rotatable bonds is 5. The van der Waals surface area contributed by atoms with Gasteiger partial charge in [-0.25, -0.2) is 0 Å². The topological polar surface area (TPSA) is 38.3 Å². The zero-order valence-corrected chi connectivity index (χ0v) is 13.6. The maximum Gasteiger partial charge on any atom is 0.392 e. The van der Waals surface area contributed by atoms with Gasteiger partial charge in [0.05, 0.1) is 11.3 Å². The first-order valence-corrected chi connectivity index (χ1v) is 7.94. The molecule has 2 unspecified atom stereocenters. The van der Waals surface area contributed by atoms with Crippen LogP contribution in [0, 0.1) is 11.3 Å². The Balaban J connectivity index is 1.55. The zero-order chi connectivity index (χ0) is 18.1. The number of ether oxygens (including phenoxy) is 1. The van der Waals surface area contributed by atoms with Crippen LogP contribution in [-0.4, -0.2) is 12.1 Å². The van der Waals surface area contributed by atoms with E-state index in [4.69, 9.17) is 4.74 Å². The highest BCUT2D eigenvalue weighted by Crippen LogP contribution is 2.60. The van der Waals surface area contributed by atoms with E-state index in [0.717, 1.165) is 5.56 Å². The Labute approximate surface area is 143 Å². The standard InChI is InChI=1S/C19H18F3NO2/c1-18(11-16(18)19(20,21)22)17(24)23-14-7-9-15(10-8-14)25-12-13-5-3-2-4-6-13/h2-10,16H,11-12H2,1H3,(H,23,24).